The predicted molar refractivity (Wildman–Crippen MR) is 62.6 cm³/mol. The van der Waals surface area contributed by atoms with Gasteiger partial charge in [-0.15, -0.1) is 0 Å². The van der Waals surface area contributed by atoms with Gasteiger partial charge in [0.2, 0.25) is 0 Å². The van der Waals surface area contributed by atoms with Crippen LogP contribution in [0.4, 0.5) is 4.39 Å². The largest absolute Gasteiger partial charge is 0.207 e. The zero-order chi connectivity index (χ0) is 11.1. The monoisotopic (exact) mass is 202 g/mol. The zero-order valence-corrected chi connectivity index (χ0v) is 9.34. The van der Waals surface area contributed by atoms with E-state index in [9.17, 15) is 4.39 Å². The molecule has 78 valence electrons. The number of hydrogen-bond donors (Lipinski definition) is 0. The molecule has 0 unspecified atom stereocenters. The smallest absolute Gasteiger partial charge is 0.123 e. The lowest BCUT2D eigenvalue weighted by molar-refractivity contribution is 0.594. The molecule has 2 aromatic carbocycles. The van der Waals surface area contributed by atoms with Gasteiger partial charge >= 0.3 is 0 Å². The van der Waals surface area contributed by atoms with E-state index in [1.165, 1.54) is 11.6 Å². The van der Waals surface area contributed by atoms with Crippen LogP contribution in [0.2, 0.25) is 0 Å². The van der Waals surface area contributed by atoms with Crippen molar-refractivity contribution in [2.45, 2.75) is 26.2 Å². The summed E-state index contributed by atoms with van der Waals surface area (Å²) >= 11 is 0. The third-order valence-corrected chi connectivity index (χ3v) is 2.65. The van der Waals surface area contributed by atoms with Crippen LogP contribution < -0.4 is 0 Å². The second-order valence-electron chi connectivity index (χ2n) is 4.92. The summed E-state index contributed by atoms with van der Waals surface area (Å²) in [5.74, 6) is -0.167. The second kappa shape index (κ2) is 3.34. The third kappa shape index (κ3) is 1.87. The van der Waals surface area contributed by atoms with E-state index in [0.29, 0.717) is 0 Å². The highest BCUT2D eigenvalue weighted by molar-refractivity contribution is 5.86. The molecule has 15 heavy (non-hydrogen) atoms. The summed E-state index contributed by atoms with van der Waals surface area (Å²) in [5, 5.41) is 2.12. The average Bonchev–Trinajstić information content (AvgIpc) is 2.15. The van der Waals surface area contributed by atoms with E-state index in [1.807, 2.05) is 18.2 Å². The van der Waals surface area contributed by atoms with Crippen LogP contribution in [0.25, 0.3) is 10.8 Å². The summed E-state index contributed by atoms with van der Waals surface area (Å²) in [6.45, 7) is 6.44. The Kier molecular flexibility index (Phi) is 2.26. The molecule has 0 N–H and O–H groups in total. The van der Waals surface area contributed by atoms with Gasteiger partial charge in [0.25, 0.3) is 0 Å². The topological polar surface area (TPSA) is 0 Å². The molecule has 2 aromatic rings. The molecule has 0 spiro atoms. The molecule has 1 heteroatoms. The molecule has 0 heterocycles. The Morgan fingerprint density at radius 3 is 2.40 bits per heavy atom. The van der Waals surface area contributed by atoms with Gasteiger partial charge in [0.1, 0.15) is 5.82 Å². The molecule has 0 fully saturated rings. The number of halogens is 1. The Bertz CT molecular complexity index is 492. The van der Waals surface area contributed by atoms with Crippen LogP contribution in [0, 0.1) is 5.82 Å². The molecule has 0 aliphatic carbocycles. The molecule has 0 saturated heterocycles. The minimum Gasteiger partial charge on any atom is -0.207 e. The Morgan fingerprint density at radius 1 is 1.00 bits per heavy atom. The molecule has 0 saturated carbocycles. The Hall–Kier alpha value is -1.37. The van der Waals surface area contributed by atoms with Crippen LogP contribution in [0.15, 0.2) is 36.4 Å². The van der Waals surface area contributed by atoms with Crippen molar-refractivity contribution in [2.24, 2.45) is 0 Å². The highest BCUT2D eigenvalue weighted by Gasteiger charge is 2.16. The van der Waals surface area contributed by atoms with E-state index in [-0.39, 0.29) is 11.2 Å². The minimum atomic E-state index is -0.167. The predicted octanol–water partition coefficient (Wildman–Crippen LogP) is 4.28. The molecule has 0 atom stereocenters. The molecule has 0 nitrogen and oxygen atoms in total. The van der Waals surface area contributed by atoms with Crippen LogP contribution >= 0.6 is 0 Å². The summed E-state index contributed by atoms with van der Waals surface area (Å²) in [5.41, 5.74) is 1.24. The van der Waals surface area contributed by atoms with Gasteiger partial charge < -0.3 is 0 Å². The number of rotatable bonds is 0. The molecule has 2 rings (SSSR count). The maximum Gasteiger partial charge on any atom is 0.123 e. The van der Waals surface area contributed by atoms with E-state index in [2.05, 4.69) is 26.8 Å². The Labute approximate surface area is 89.7 Å². The van der Waals surface area contributed by atoms with Crippen molar-refractivity contribution in [3.8, 4) is 0 Å². The standard InChI is InChI=1S/C14H15F/c1-14(2,3)13-6-4-5-10-7-8-11(15)9-12(10)13/h4-9H,1-3H3. The number of benzene rings is 2. The maximum absolute atomic E-state index is 13.2. The lowest BCUT2D eigenvalue weighted by atomic mass is 9.84. The van der Waals surface area contributed by atoms with Gasteiger partial charge in [-0.2, -0.15) is 0 Å². The van der Waals surface area contributed by atoms with Crippen LogP contribution in [0.3, 0.4) is 0 Å². The quantitative estimate of drug-likeness (QED) is 0.598. The van der Waals surface area contributed by atoms with E-state index in [0.717, 1.165) is 10.8 Å². The van der Waals surface area contributed by atoms with Crippen molar-refractivity contribution in [1.29, 1.82) is 0 Å². The first kappa shape index (κ1) is 10.2. The molecule has 0 aliphatic heterocycles. The fraction of sp³-hybridized carbons (Fsp3) is 0.286. The molecule has 0 radical (unpaired) electrons. The Morgan fingerprint density at radius 2 is 1.73 bits per heavy atom. The molecule has 0 amide bonds. The maximum atomic E-state index is 13.2. The highest BCUT2D eigenvalue weighted by atomic mass is 19.1. The summed E-state index contributed by atoms with van der Waals surface area (Å²) in [6, 6.07) is 11.1. The molecular formula is C14H15F. The van der Waals surface area contributed by atoms with Crippen molar-refractivity contribution in [1.82, 2.24) is 0 Å². The first-order valence-corrected chi connectivity index (χ1v) is 5.17. The average molecular weight is 202 g/mol. The summed E-state index contributed by atoms with van der Waals surface area (Å²) in [6.07, 6.45) is 0. The first-order valence-electron chi connectivity index (χ1n) is 5.17. The third-order valence-electron chi connectivity index (χ3n) is 2.65. The lowest BCUT2D eigenvalue weighted by Crippen LogP contribution is -2.11. The normalized spacial score (nSPS) is 12.0. The van der Waals surface area contributed by atoms with Crippen LogP contribution in [0.1, 0.15) is 26.3 Å². The van der Waals surface area contributed by atoms with Crippen LogP contribution in [0.5, 0.6) is 0 Å². The minimum absolute atomic E-state index is 0.0489. The van der Waals surface area contributed by atoms with Crippen molar-refractivity contribution in [3.05, 3.63) is 47.8 Å². The molecule has 0 aliphatic rings. The van der Waals surface area contributed by atoms with E-state index < -0.39 is 0 Å². The first-order chi connectivity index (χ1) is 6.98. The van der Waals surface area contributed by atoms with E-state index >= 15 is 0 Å². The van der Waals surface area contributed by atoms with Crippen molar-refractivity contribution in [2.75, 3.05) is 0 Å². The second-order valence-corrected chi connectivity index (χ2v) is 4.92. The molecule has 0 aromatic heterocycles. The fourth-order valence-corrected chi connectivity index (χ4v) is 1.90. The Balaban J connectivity index is 2.80. The van der Waals surface area contributed by atoms with Crippen molar-refractivity contribution in [3.63, 3.8) is 0 Å². The number of fused-ring (bicyclic) bond motifs is 1. The SMILES string of the molecule is CC(C)(C)c1cccc2ccc(F)cc12. The van der Waals surface area contributed by atoms with Crippen LogP contribution in [-0.4, -0.2) is 0 Å². The van der Waals surface area contributed by atoms with E-state index in [1.54, 1.807) is 6.07 Å². The van der Waals surface area contributed by atoms with Gasteiger partial charge in [-0.25, -0.2) is 4.39 Å². The lowest BCUT2D eigenvalue weighted by Gasteiger charge is -2.21. The van der Waals surface area contributed by atoms with Gasteiger partial charge in [-0.3, -0.25) is 0 Å². The van der Waals surface area contributed by atoms with Gasteiger partial charge in [0, 0.05) is 0 Å². The van der Waals surface area contributed by atoms with Crippen LogP contribution in [-0.2, 0) is 5.41 Å². The van der Waals surface area contributed by atoms with Gasteiger partial charge in [-0.05, 0) is 33.9 Å². The van der Waals surface area contributed by atoms with E-state index in [4.69, 9.17) is 0 Å². The summed E-state index contributed by atoms with van der Waals surface area (Å²) in [4.78, 5) is 0. The fourth-order valence-electron chi connectivity index (χ4n) is 1.90. The van der Waals surface area contributed by atoms with Crippen molar-refractivity contribution < 1.29 is 4.39 Å². The molecular weight excluding hydrogens is 187 g/mol. The number of hydrogen-bond acceptors (Lipinski definition) is 0. The van der Waals surface area contributed by atoms with Crippen molar-refractivity contribution >= 4 is 10.8 Å². The van der Waals surface area contributed by atoms with Gasteiger partial charge in [-0.1, -0.05) is 45.0 Å². The summed E-state index contributed by atoms with van der Waals surface area (Å²) in [7, 11) is 0. The molecule has 0 bridgehead atoms. The highest BCUT2D eigenvalue weighted by Crippen LogP contribution is 2.30. The van der Waals surface area contributed by atoms with Gasteiger partial charge in [0.05, 0.1) is 0 Å². The summed E-state index contributed by atoms with van der Waals surface area (Å²) < 4.78 is 13.2. The zero-order valence-electron chi connectivity index (χ0n) is 9.34. The van der Waals surface area contributed by atoms with Gasteiger partial charge in [0.15, 0.2) is 0 Å².